The second-order valence-corrected chi connectivity index (χ2v) is 2.70. The van der Waals surface area contributed by atoms with Gasteiger partial charge in [-0.05, 0) is 20.0 Å². The number of ether oxygens (including phenoxy) is 1. The molecule has 0 aliphatic carbocycles. The molecule has 58 valence electrons. The molecular weight excluding hydrogens is 147 g/mol. The molecule has 0 fully saturated rings. The van der Waals surface area contributed by atoms with Gasteiger partial charge in [0.25, 0.3) is 0 Å². The van der Waals surface area contributed by atoms with E-state index in [1.807, 2.05) is 6.92 Å². The topological polar surface area (TPSA) is 26.3 Å². The third kappa shape index (κ3) is 3.62. The van der Waals surface area contributed by atoms with Crippen molar-refractivity contribution in [3.63, 3.8) is 0 Å². The second-order valence-electron chi connectivity index (χ2n) is 2.23. The molecule has 0 bridgehead atoms. The Morgan fingerprint density at radius 1 is 1.80 bits per heavy atom. The largest absolute Gasteiger partial charge is 0.459 e. The van der Waals surface area contributed by atoms with Crippen LogP contribution in [0.2, 0.25) is 0 Å². The molecule has 0 saturated carbocycles. The summed E-state index contributed by atoms with van der Waals surface area (Å²) in [6.07, 6.45) is 0.730. The standard InChI is InChI=1S/C7H13O2P/c1-5(2)7(8)9-6(3)4-10/h6H,1,4,10H2,2-3H3. The van der Waals surface area contributed by atoms with Crippen LogP contribution in [0.4, 0.5) is 0 Å². The van der Waals surface area contributed by atoms with Crippen molar-refractivity contribution in [2.24, 2.45) is 0 Å². The summed E-state index contributed by atoms with van der Waals surface area (Å²) in [5.74, 6) is -0.310. The van der Waals surface area contributed by atoms with Crippen LogP contribution in [0, 0.1) is 0 Å². The first-order chi connectivity index (χ1) is 4.57. The second kappa shape index (κ2) is 4.45. The third-order valence-electron chi connectivity index (χ3n) is 0.989. The molecule has 0 radical (unpaired) electrons. The van der Waals surface area contributed by atoms with Gasteiger partial charge >= 0.3 is 5.97 Å². The van der Waals surface area contributed by atoms with Crippen LogP contribution in [0.15, 0.2) is 12.2 Å². The lowest BCUT2D eigenvalue weighted by atomic mass is 10.3. The van der Waals surface area contributed by atoms with E-state index >= 15 is 0 Å². The predicted octanol–water partition coefficient (Wildman–Crippen LogP) is 1.37. The van der Waals surface area contributed by atoms with Crippen molar-refractivity contribution in [2.45, 2.75) is 20.0 Å². The number of hydrogen-bond donors (Lipinski definition) is 0. The lowest BCUT2D eigenvalue weighted by Gasteiger charge is -2.09. The summed E-state index contributed by atoms with van der Waals surface area (Å²) in [6, 6.07) is 0. The Kier molecular flexibility index (Phi) is 4.29. The zero-order valence-corrected chi connectivity index (χ0v) is 7.54. The van der Waals surface area contributed by atoms with E-state index in [-0.39, 0.29) is 12.1 Å². The molecule has 0 rings (SSSR count). The van der Waals surface area contributed by atoms with Crippen LogP contribution in [0.25, 0.3) is 0 Å². The van der Waals surface area contributed by atoms with Gasteiger partial charge in [0.1, 0.15) is 6.10 Å². The average Bonchev–Trinajstić information content (AvgIpc) is 1.87. The Balaban J connectivity index is 3.68. The van der Waals surface area contributed by atoms with E-state index in [0.717, 1.165) is 6.16 Å². The molecule has 0 amide bonds. The van der Waals surface area contributed by atoms with Gasteiger partial charge in [-0.25, -0.2) is 4.79 Å². The summed E-state index contributed by atoms with van der Waals surface area (Å²) < 4.78 is 4.90. The number of carbonyl (C=O) groups is 1. The molecule has 2 nitrogen and oxygen atoms in total. The monoisotopic (exact) mass is 160 g/mol. The Bertz CT molecular complexity index is 143. The first kappa shape index (κ1) is 9.64. The Morgan fingerprint density at radius 3 is 2.60 bits per heavy atom. The Labute approximate surface area is 63.8 Å². The minimum atomic E-state index is -0.310. The minimum absolute atomic E-state index is 0.0331. The SMILES string of the molecule is C=C(C)C(=O)OC(C)CP. The van der Waals surface area contributed by atoms with Crippen LogP contribution in [-0.4, -0.2) is 18.2 Å². The summed E-state index contributed by atoms with van der Waals surface area (Å²) in [5.41, 5.74) is 0.449. The molecule has 2 unspecified atom stereocenters. The first-order valence-electron chi connectivity index (χ1n) is 3.14. The summed E-state index contributed by atoms with van der Waals surface area (Å²) in [5, 5.41) is 0. The maximum Gasteiger partial charge on any atom is 0.333 e. The predicted molar refractivity (Wildman–Crippen MR) is 44.9 cm³/mol. The minimum Gasteiger partial charge on any atom is -0.459 e. The smallest absolute Gasteiger partial charge is 0.333 e. The summed E-state index contributed by atoms with van der Waals surface area (Å²) in [6.45, 7) is 6.94. The van der Waals surface area contributed by atoms with E-state index in [0.29, 0.717) is 5.57 Å². The van der Waals surface area contributed by atoms with E-state index < -0.39 is 0 Å². The van der Waals surface area contributed by atoms with Crippen molar-refractivity contribution < 1.29 is 9.53 Å². The highest BCUT2D eigenvalue weighted by Gasteiger charge is 2.06. The van der Waals surface area contributed by atoms with Crippen molar-refractivity contribution in [1.82, 2.24) is 0 Å². The van der Waals surface area contributed by atoms with Crippen molar-refractivity contribution in [3.8, 4) is 0 Å². The first-order valence-corrected chi connectivity index (χ1v) is 3.96. The van der Waals surface area contributed by atoms with Gasteiger partial charge < -0.3 is 4.74 Å². The molecule has 0 aromatic heterocycles. The highest BCUT2D eigenvalue weighted by atomic mass is 31.0. The molecule has 0 aromatic rings. The van der Waals surface area contributed by atoms with Crippen LogP contribution in [0.3, 0.4) is 0 Å². The Morgan fingerprint density at radius 2 is 2.30 bits per heavy atom. The molecule has 0 aromatic carbocycles. The number of carbonyl (C=O) groups excluding carboxylic acids is 1. The molecule has 3 heteroatoms. The van der Waals surface area contributed by atoms with Crippen molar-refractivity contribution >= 4 is 15.2 Å². The molecule has 0 aliphatic heterocycles. The van der Waals surface area contributed by atoms with Gasteiger partial charge in [-0.3, -0.25) is 0 Å². The lowest BCUT2D eigenvalue weighted by molar-refractivity contribution is -0.142. The van der Waals surface area contributed by atoms with Gasteiger partial charge in [0.15, 0.2) is 0 Å². The van der Waals surface area contributed by atoms with Gasteiger partial charge in [-0.2, -0.15) is 0 Å². The highest BCUT2D eigenvalue weighted by Crippen LogP contribution is 2.00. The molecule has 10 heavy (non-hydrogen) atoms. The van der Waals surface area contributed by atoms with E-state index in [1.165, 1.54) is 0 Å². The summed E-state index contributed by atoms with van der Waals surface area (Å²) >= 11 is 0. The van der Waals surface area contributed by atoms with Crippen LogP contribution >= 0.6 is 9.24 Å². The molecule has 0 heterocycles. The van der Waals surface area contributed by atoms with Gasteiger partial charge in [-0.1, -0.05) is 6.58 Å². The Hall–Kier alpha value is -0.360. The summed E-state index contributed by atoms with van der Waals surface area (Å²) in [4.78, 5) is 10.8. The van der Waals surface area contributed by atoms with Crippen molar-refractivity contribution in [1.29, 1.82) is 0 Å². The molecule has 0 N–H and O–H groups in total. The number of hydrogen-bond acceptors (Lipinski definition) is 2. The number of esters is 1. The molecule has 0 spiro atoms. The fraction of sp³-hybridized carbons (Fsp3) is 0.571. The van der Waals surface area contributed by atoms with Crippen LogP contribution in [-0.2, 0) is 9.53 Å². The van der Waals surface area contributed by atoms with Gasteiger partial charge in [0.2, 0.25) is 0 Å². The molecule has 0 saturated heterocycles. The van der Waals surface area contributed by atoms with Crippen molar-refractivity contribution in [3.05, 3.63) is 12.2 Å². The molecular formula is C7H13O2P. The van der Waals surface area contributed by atoms with Crippen LogP contribution < -0.4 is 0 Å². The maximum absolute atomic E-state index is 10.8. The quantitative estimate of drug-likeness (QED) is 0.354. The van der Waals surface area contributed by atoms with E-state index in [9.17, 15) is 4.79 Å². The van der Waals surface area contributed by atoms with Crippen molar-refractivity contribution in [2.75, 3.05) is 6.16 Å². The van der Waals surface area contributed by atoms with Gasteiger partial charge in [0, 0.05) is 5.57 Å². The van der Waals surface area contributed by atoms with Crippen LogP contribution in [0.1, 0.15) is 13.8 Å². The molecule has 2 atom stereocenters. The van der Waals surface area contributed by atoms with E-state index in [2.05, 4.69) is 15.8 Å². The van der Waals surface area contributed by atoms with E-state index in [1.54, 1.807) is 6.92 Å². The number of rotatable bonds is 3. The molecule has 0 aliphatic rings. The zero-order valence-electron chi connectivity index (χ0n) is 6.39. The summed E-state index contributed by atoms with van der Waals surface area (Å²) in [7, 11) is 2.51. The average molecular weight is 160 g/mol. The fourth-order valence-electron chi connectivity index (χ4n) is 0.331. The zero-order chi connectivity index (χ0) is 8.15. The van der Waals surface area contributed by atoms with Gasteiger partial charge in [-0.15, -0.1) is 9.24 Å². The highest BCUT2D eigenvalue weighted by molar-refractivity contribution is 7.16. The van der Waals surface area contributed by atoms with E-state index in [4.69, 9.17) is 4.74 Å². The normalized spacial score (nSPS) is 12.3. The lowest BCUT2D eigenvalue weighted by Crippen LogP contribution is -2.15. The third-order valence-corrected chi connectivity index (χ3v) is 1.65. The van der Waals surface area contributed by atoms with Crippen LogP contribution in [0.5, 0.6) is 0 Å². The maximum atomic E-state index is 10.8. The fourth-order valence-corrected chi connectivity index (χ4v) is 0.428. The van der Waals surface area contributed by atoms with Gasteiger partial charge in [0.05, 0.1) is 0 Å².